The van der Waals surface area contributed by atoms with Crippen LogP contribution in [0.3, 0.4) is 0 Å². The summed E-state index contributed by atoms with van der Waals surface area (Å²) in [5.74, 6) is -1.35. The van der Waals surface area contributed by atoms with E-state index in [0.717, 1.165) is 21.4 Å². The van der Waals surface area contributed by atoms with E-state index in [4.69, 9.17) is 11.6 Å². The van der Waals surface area contributed by atoms with Crippen LogP contribution in [-0.4, -0.2) is 39.8 Å². The maximum absolute atomic E-state index is 13.0. The molecule has 0 spiro atoms. The molecule has 0 radical (unpaired) electrons. The molecule has 2 heterocycles. The van der Waals surface area contributed by atoms with Crippen LogP contribution in [0.25, 0.3) is 17.0 Å². The van der Waals surface area contributed by atoms with Crippen molar-refractivity contribution in [3.63, 3.8) is 0 Å². The zero-order valence-electron chi connectivity index (χ0n) is 20.9. The zero-order valence-corrected chi connectivity index (χ0v) is 21.7. The summed E-state index contributed by atoms with van der Waals surface area (Å²) >= 11 is 5.91. The van der Waals surface area contributed by atoms with Crippen molar-refractivity contribution in [2.75, 3.05) is 17.2 Å². The second-order valence-corrected chi connectivity index (χ2v) is 9.52. The summed E-state index contributed by atoms with van der Waals surface area (Å²) in [7, 11) is 0. The van der Waals surface area contributed by atoms with Crippen molar-refractivity contribution in [3.05, 3.63) is 101 Å². The first-order valence-electron chi connectivity index (χ1n) is 12.1. The molecular formula is C29H24ClN5O4. The van der Waals surface area contributed by atoms with Gasteiger partial charge in [-0.15, -0.1) is 0 Å². The maximum Gasteiger partial charge on any atom is 0.329 e. The minimum Gasteiger partial charge on any atom is -0.337 e. The molecule has 0 aliphatic carbocycles. The highest BCUT2D eigenvalue weighted by Gasteiger charge is 2.35. The summed E-state index contributed by atoms with van der Waals surface area (Å²) in [4.78, 5) is 51.7. The number of carbonyl (C=O) groups excluding carboxylic acids is 4. The first kappa shape index (κ1) is 25.7. The third-order valence-corrected chi connectivity index (χ3v) is 6.38. The number of benzene rings is 3. The molecule has 10 heteroatoms. The minimum absolute atomic E-state index is 0.0257. The van der Waals surface area contributed by atoms with E-state index in [-0.39, 0.29) is 18.1 Å². The van der Waals surface area contributed by atoms with Gasteiger partial charge in [-0.05, 0) is 61.0 Å². The molecule has 0 saturated carbocycles. The SMILES string of the molecule is Cc1cccc(NC(=O)CN2C(=O)N/C(=C/c3cn(CC(=O)Nc4ccc(Cl)cc4)c4ccccc34)C2=O)c1. The number of halogens is 1. The van der Waals surface area contributed by atoms with Gasteiger partial charge in [0.25, 0.3) is 5.91 Å². The molecule has 1 aliphatic heterocycles. The fraction of sp³-hybridized carbons (Fsp3) is 0.103. The third-order valence-electron chi connectivity index (χ3n) is 6.13. The van der Waals surface area contributed by atoms with Crippen molar-refractivity contribution in [1.82, 2.24) is 14.8 Å². The van der Waals surface area contributed by atoms with Gasteiger partial charge in [-0.2, -0.15) is 0 Å². The molecule has 39 heavy (non-hydrogen) atoms. The number of carbonyl (C=O) groups is 4. The summed E-state index contributed by atoms with van der Waals surface area (Å²) in [6.07, 6.45) is 3.29. The number of anilines is 2. The number of hydrogen-bond donors (Lipinski definition) is 3. The van der Waals surface area contributed by atoms with Crippen molar-refractivity contribution in [2.45, 2.75) is 13.5 Å². The normalized spacial score (nSPS) is 14.1. The van der Waals surface area contributed by atoms with Gasteiger partial charge in [-0.3, -0.25) is 14.4 Å². The lowest BCUT2D eigenvalue weighted by Gasteiger charge is -2.12. The second kappa shape index (κ2) is 10.8. The maximum atomic E-state index is 13.0. The number of fused-ring (bicyclic) bond motifs is 1. The van der Waals surface area contributed by atoms with Crippen molar-refractivity contribution in [2.24, 2.45) is 0 Å². The molecule has 0 atom stereocenters. The van der Waals surface area contributed by atoms with Gasteiger partial charge in [0, 0.05) is 39.1 Å². The van der Waals surface area contributed by atoms with Crippen molar-refractivity contribution >= 4 is 63.7 Å². The molecule has 3 aromatic carbocycles. The Morgan fingerprint density at radius 3 is 2.38 bits per heavy atom. The van der Waals surface area contributed by atoms with Crippen LogP contribution in [-0.2, 0) is 20.9 Å². The number of hydrogen-bond acceptors (Lipinski definition) is 4. The fourth-order valence-electron chi connectivity index (χ4n) is 4.35. The summed E-state index contributed by atoms with van der Waals surface area (Å²) in [5.41, 5.74) is 3.62. The molecule has 9 nitrogen and oxygen atoms in total. The number of aryl methyl sites for hydroxylation is 1. The Morgan fingerprint density at radius 1 is 0.897 bits per heavy atom. The van der Waals surface area contributed by atoms with Crippen molar-refractivity contribution in [1.29, 1.82) is 0 Å². The second-order valence-electron chi connectivity index (χ2n) is 9.08. The van der Waals surface area contributed by atoms with Gasteiger partial charge in [-0.25, -0.2) is 9.69 Å². The topological polar surface area (TPSA) is 113 Å². The van der Waals surface area contributed by atoms with E-state index < -0.39 is 24.4 Å². The first-order chi connectivity index (χ1) is 18.8. The van der Waals surface area contributed by atoms with E-state index in [9.17, 15) is 19.2 Å². The summed E-state index contributed by atoms with van der Waals surface area (Å²) in [5, 5.41) is 9.45. The van der Waals surface area contributed by atoms with E-state index >= 15 is 0 Å². The molecule has 196 valence electrons. The summed E-state index contributed by atoms with van der Waals surface area (Å²) < 4.78 is 1.77. The molecule has 0 unspecified atom stereocenters. The van der Waals surface area contributed by atoms with Crippen LogP contribution in [0.4, 0.5) is 16.2 Å². The van der Waals surface area contributed by atoms with Gasteiger partial charge in [0.1, 0.15) is 18.8 Å². The van der Waals surface area contributed by atoms with E-state index in [2.05, 4.69) is 16.0 Å². The van der Waals surface area contributed by atoms with Gasteiger partial charge in [0.15, 0.2) is 0 Å². The molecule has 3 N–H and O–H groups in total. The quantitative estimate of drug-likeness (QED) is 0.231. The summed E-state index contributed by atoms with van der Waals surface area (Å²) in [6.45, 7) is 1.49. The Labute approximate surface area is 229 Å². The van der Waals surface area contributed by atoms with Crippen LogP contribution in [0, 0.1) is 6.92 Å². The number of amides is 5. The highest BCUT2D eigenvalue weighted by atomic mass is 35.5. The van der Waals surface area contributed by atoms with Crippen molar-refractivity contribution in [3.8, 4) is 0 Å². The molecule has 5 amide bonds. The molecule has 1 fully saturated rings. The lowest BCUT2D eigenvalue weighted by Crippen LogP contribution is -2.38. The number of rotatable bonds is 7. The molecule has 1 aliphatic rings. The molecule has 0 bridgehead atoms. The molecule has 1 aromatic heterocycles. The number of para-hydroxylation sites is 1. The highest BCUT2D eigenvalue weighted by Crippen LogP contribution is 2.25. The van der Waals surface area contributed by atoms with Gasteiger partial charge in [-0.1, -0.05) is 41.9 Å². The fourth-order valence-corrected chi connectivity index (χ4v) is 4.47. The van der Waals surface area contributed by atoms with E-state index in [1.807, 2.05) is 37.3 Å². The lowest BCUT2D eigenvalue weighted by atomic mass is 10.1. The number of nitrogens with zero attached hydrogens (tertiary/aromatic N) is 2. The Hall–Kier alpha value is -4.89. The third kappa shape index (κ3) is 5.83. The van der Waals surface area contributed by atoms with E-state index in [1.165, 1.54) is 0 Å². The van der Waals surface area contributed by atoms with Gasteiger partial charge < -0.3 is 20.5 Å². The van der Waals surface area contributed by atoms with Crippen LogP contribution in [0.15, 0.2) is 84.7 Å². The van der Waals surface area contributed by atoms with Crippen molar-refractivity contribution < 1.29 is 19.2 Å². The monoisotopic (exact) mass is 541 g/mol. The number of nitrogens with one attached hydrogen (secondary N) is 3. The molecular weight excluding hydrogens is 518 g/mol. The standard InChI is InChI=1S/C29H24ClN5O4/c1-18-5-4-6-22(13-18)32-27(37)17-35-28(38)24(33-29(35)39)14-19-15-34(25-8-3-2-7-23(19)25)16-26(36)31-21-11-9-20(30)10-12-21/h2-15H,16-17H2,1H3,(H,31,36)(H,32,37)(H,33,39)/b24-14+. The number of imide groups is 1. The number of urea groups is 1. The van der Waals surface area contributed by atoms with Crippen LogP contribution in [0.2, 0.25) is 5.02 Å². The van der Waals surface area contributed by atoms with Gasteiger partial charge in [0.05, 0.1) is 0 Å². The molecule has 1 saturated heterocycles. The molecule has 5 rings (SSSR count). The number of aromatic nitrogens is 1. The lowest BCUT2D eigenvalue weighted by molar-refractivity contribution is -0.127. The van der Waals surface area contributed by atoms with E-state index in [1.54, 1.807) is 59.3 Å². The van der Waals surface area contributed by atoms with Gasteiger partial charge >= 0.3 is 6.03 Å². The van der Waals surface area contributed by atoms with Crippen LogP contribution >= 0.6 is 11.6 Å². The predicted molar refractivity (Wildman–Crippen MR) is 150 cm³/mol. The highest BCUT2D eigenvalue weighted by molar-refractivity contribution is 6.30. The van der Waals surface area contributed by atoms with Gasteiger partial charge in [0.2, 0.25) is 11.8 Å². The Bertz CT molecular complexity index is 1640. The Morgan fingerprint density at radius 2 is 1.62 bits per heavy atom. The predicted octanol–water partition coefficient (Wildman–Crippen LogP) is 4.77. The zero-order chi connectivity index (χ0) is 27.5. The average Bonchev–Trinajstić information content (AvgIpc) is 3.37. The Kier molecular flexibility index (Phi) is 7.16. The largest absolute Gasteiger partial charge is 0.337 e. The van der Waals surface area contributed by atoms with E-state index in [0.29, 0.717) is 22.0 Å². The Balaban J connectivity index is 1.33. The smallest absolute Gasteiger partial charge is 0.329 e. The average molecular weight is 542 g/mol. The molecule has 4 aromatic rings. The van der Waals surface area contributed by atoms with Crippen LogP contribution in [0.1, 0.15) is 11.1 Å². The first-order valence-corrected chi connectivity index (χ1v) is 12.5. The summed E-state index contributed by atoms with van der Waals surface area (Å²) in [6, 6.07) is 20.8. The minimum atomic E-state index is -0.684. The van der Waals surface area contributed by atoms with Crippen LogP contribution < -0.4 is 16.0 Å². The van der Waals surface area contributed by atoms with Crippen LogP contribution in [0.5, 0.6) is 0 Å².